The molecule has 3 heteroatoms. The molecule has 0 radical (unpaired) electrons. The highest BCUT2D eigenvalue weighted by Crippen LogP contribution is 2.28. The SMILES string of the molecule is COCCNCC(C)NCCC1CCC1. The van der Waals surface area contributed by atoms with Gasteiger partial charge in [-0.2, -0.15) is 0 Å². The van der Waals surface area contributed by atoms with Crippen LogP contribution in [0.15, 0.2) is 0 Å². The third kappa shape index (κ3) is 6.13. The molecule has 0 spiro atoms. The molecule has 1 aliphatic carbocycles. The highest BCUT2D eigenvalue weighted by atomic mass is 16.5. The van der Waals surface area contributed by atoms with Gasteiger partial charge in [-0.3, -0.25) is 0 Å². The van der Waals surface area contributed by atoms with Crippen LogP contribution in [0.1, 0.15) is 32.6 Å². The highest BCUT2D eigenvalue weighted by Gasteiger charge is 2.16. The molecule has 0 aromatic heterocycles. The van der Waals surface area contributed by atoms with E-state index < -0.39 is 0 Å². The molecule has 0 amide bonds. The second-order valence-electron chi connectivity index (χ2n) is 4.64. The van der Waals surface area contributed by atoms with Crippen molar-refractivity contribution in [2.45, 2.75) is 38.6 Å². The molecule has 1 fully saturated rings. The molecule has 0 heterocycles. The van der Waals surface area contributed by atoms with E-state index in [1.807, 2.05) is 0 Å². The summed E-state index contributed by atoms with van der Waals surface area (Å²) in [4.78, 5) is 0. The van der Waals surface area contributed by atoms with Crippen LogP contribution in [-0.4, -0.2) is 39.4 Å². The Balaban J connectivity index is 1.82. The maximum atomic E-state index is 4.98. The maximum absolute atomic E-state index is 4.98. The van der Waals surface area contributed by atoms with Gasteiger partial charge < -0.3 is 15.4 Å². The predicted octanol–water partition coefficient (Wildman–Crippen LogP) is 1.39. The number of hydrogen-bond acceptors (Lipinski definition) is 3. The largest absolute Gasteiger partial charge is 0.383 e. The first-order chi connectivity index (χ1) is 7.33. The molecule has 15 heavy (non-hydrogen) atoms. The number of methoxy groups -OCH3 is 1. The Morgan fingerprint density at radius 2 is 2.13 bits per heavy atom. The van der Waals surface area contributed by atoms with Crippen molar-refractivity contribution in [2.24, 2.45) is 5.92 Å². The molecule has 3 nitrogen and oxygen atoms in total. The second kappa shape index (κ2) is 8.08. The van der Waals surface area contributed by atoms with Crippen LogP contribution in [0.2, 0.25) is 0 Å². The van der Waals surface area contributed by atoms with E-state index >= 15 is 0 Å². The van der Waals surface area contributed by atoms with Gasteiger partial charge >= 0.3 is 0 Å². The van der Waals surface area contributed by atoms with Gasteiger partial charge in [-0.05, 0) is 25.8 Å². The van der Waals surface area contributed by atoms with Crippen molar-refractivity contribution in [1.82, 2.24) is 10.6 Å². The van der Waals surface area contributed by atoms with Gasteiger partial charge in [-0.25, -0.2) is 0 Å². The molecule has 2 N–H and O–H groups in total. The van der Waals surface area contributed by atoms with Gasteiger partial charge in [0.25, 0.3) is 0 Å². The van der Waals surface area contributed by atoms with Crippen LogP contribution in [0.3, 0.4) is 0 Å². The summed E-state index contributed by atoms with van der Waals surface area (Å²) >= 11 is 0. The molecule has 0 aliphatic heterocycles. The molecule has 1 unspecified atom stereocenters. The third-order valence-corrected chi connectivity index (χ3v) is 3.20. The summed E-state index contributed by atoms with van der Waals surface area (Å²) in [7, 11) is 1.74. The van der Waals surface area contributed by atoms with Crippen molar-refractivity contribution >= 4 is 0 Å². The normalized spacial score (nSPS) is 18.8. The summed E-state index contributed by atoms with van der Waals surface area (Å²) < 4.78 is 4.98. The molecule has 1 saturated carbocycles. The first-order valence-corrected chi connectivity index (χ1v) is 6.26. The summed E-state index contributed by atoms with van der Waals surface area (Å²) in [6.45, 7) is 6.20. The third-order valence-electron chi connectivity index (χ3n) is 3.20. The zero-order chi connectivity index (χ0) is 10.9. The van der Waals surface area contributed by atoms with E-state index in [0.29, 0.717) is 6.04 Å². The van der Waals surface area contributed by atoms with E-state index in [9.17, 15) is 0 Å². The van der Waals surface area contributed by atoms with Crippen LogP contribution >= 0.6 is 0 Å². The zero-order valence-electron chi connectivity index (χ0n) is 10.2. The monoisotopic (exact) mass is 214 g/mol. The molecule has 0 saturated heterocycles. The Morgan fingerprint density at radius 1 is 1.33 bits per heavy atom. The smallest absolute Gasteiger partial charge is 0.0587 e. The van der Waals surface area contributed by atoms with Gasteiger partial charge in [-0.1, -0.05) is 19.3 Å². The molecule has 0 aromatic rings. The molecule has 90 valence electrons. The molecule has 1 rings (SSSR count). The Morgan fingerprint density at radius 3 is 2.73 bits per heavy atom. The first kappa shape index (κ1) is 12.9. The quantitative estimate of drug-likeness (QED) is 0.569. The molecule has 0 bridgehead atoms. The number of hydrogen-bond donors (Lipinski definition) is 2. The summed E-state index contributed by atoms with van der Waals surface area (Å²) in [5.41, 5.74) is 0. The molecule has 0 aromatic carbocycles. The van der Waals surface area contributed by atoms with Gasteiger partial charge in [0, 0.05) is 26.2 Å². The van der Waals surface area contributed by atoms with E-state index in [-0.39, 0.29) is 0 Å². The van der Waals surface area contributed by atoms with Crippen LogP contribution in [0.5, 0.6) is 0 Å². The minimum Gasteiger partial charge on any atom is -0.383 e. The van der Waals surface area contributed by atoms with Crippen molar-refractivity contribution in [3.8, 4) is 0 Å². The van der Waals surface area contributed by atoms with Crippen molar-refractivity contribution in [2.75, 3.05) is 33.4 Å². The first-order valence-electron chi connectivity index (χ1n) is 6.26. The molecular weight excluding hydrogens is 188 g/mol. The van der Waals surface area contributed by atoms with Crippen LogP contribution in [0.25, 0.3) is 0 Å². The minimum absolute atomic E-state index is 0.571. The van der Waals surface area contributed by atoms with Gasteiger partial charge in [0.15, 0.2) is 0 Å². The fraction of sp³-hybridized carbons (Fsp3) is 1.00. The molecular formula is C12H26N2O. The van der Waals surface area contributed by atoms with Crippen molar-refractivity contribution in [1.29, 1.82) is 0 Å². The standard InChI is InChI=1S/C12H26N2O/c1-11(10-13-8-9-15-2)14-7-6-12-4-3-5-12/h11-14H,3-10H2,1-2H3. The van der Waals surface area contributed by atoms with E-state index in [4.69, 9.17) is 4.74 Å². The van der Waals surface area contributed by atoms with E-state index in [1.54, 1.807) is 7.11 Å². The van der Waals surface area contributed by atoms with Crippen LogP contribution in [0, 0.1) is 5.92 Å². The van der Waals surface area contributed by atoms with Crippen LogP contribution < -0.4 is 10.6 Å². The van der Waals surface area contributed by atoms with E-state index in [2.05, 4.69) is 17.6 Å². The predicted molar refractivity (Wildman–Crippen MR) is 64.2 cm³/mol. The fourth-order valence-electron chi connectivity index (χ4n) is 1.88. The average molecular weight is 214 g/mol. The lowest BCUT2D eigenvalue weighted by Gasteiger charge is -2.26. The van der Waals surface area contributed by atoms with Crippen molar-refractivity contribution in [3.05, 3.63) is 0 Å². The van der Waals surface area contributed by atoms with Crippen LogP contribution in [-0.2, 0) is 4.74 Å². The van der Waals surface area contributed by atoms with Gasteiger partial charge in [0.05, 0.1) is 6.61 Å². The average Bonchev–Trinajstić information content (AvgIpc) is 2.17. The Bertz CT molecular complexity index is 149. The topological polar surface area (TPSA) is 33.3 Å². The Hall–Kier alpha value is -0.120. The van der Waals surface area contributed by atoms with E-state index in [0.717, 1.165) is 25.6 Å². The highest BCUT2D eigenvalue weighted by molar-refractivity contribution is 4.72. The lowest BCUT2D eigenvalue weighted by Crippen LogP contribution is -2.38. The van der Waals surface area contributed by atoms with Crippen molar-refractivity contribution < 1.29 is 4.74 Å². The van der Waals surface area contributed by atoms with Crippen molar-refractivity contribution in [3.63, 3.8) is 0 Å². The second-order valence-corrected chi connectivity index (χ2v) is 4.64. The minimum atomic E-state index is 0.571. The maximum Gasteiger partial charge on any atom is 0.0587 e. The molecule has 1 atom stereocenters. The van der Waals surface area contributed by atoms with Gasteiger partial charge in [-0.15, -0.1) is 0 Å². The van der Waals surface area contributed by atoms with Gasteiger partial charge in [0.2, 0.25) is 0 Å². The summed E-state index contributed by atoms with van der Waals surface area (Å²) in [6.07, 6.45) is 5.74. The zero-order valence-corrected chi connectivity index (χ0v) is 10.2. The fourth-order valence-corrected chi connectivity index (χ4v) is 1.88. The van der Waals surface area contributed by atoms with E-state index in [1.165, 1.54) is 32.2 Å². The van der Waals surface area contributed by atoms with Crippen LogP contribution in [0.4, 0.5) is 0 Å². The number of ether oxygens (including phenoxy) is 1. The summed E-state index contributed by atoms with van der Waals surface area (Å²) in [5.74, 6) is 1.02. The number of nitrogens with one attached hydrogen (secondary N) is 2. The Labute approximate surface area is 94.0 Å². The van der Waals surface area contributed by atoms with Gasteiger partial charge in [0.1, 0.15) is 0 Å². The summed E-state index contributed by atoms with van der Waals surface area (Å²) in [6, 6.07) is 0.571. The molecule has 1 aliphatic rings. The lowest BCUT2D eigenvalue weighted by atomic mass is 9.83. The summed E-state index contributed by atoms with van der Waals surface area (Å²) in [5, 5.41) is 6.92. The lowest BCUT2D eigenvalue weighted by molar-refractivity contribution is 0.198. The number of rotatable bonds is 9. The Kier molecular flexibility index (Phi) is 6.98.